The molecule has 2 N–H and O–H groups in total. The fourth-order valence-electron chi connectivity index (χ4n) is 3.78. The van der Waals surface area contributed by atoms with Crippen LogP contribution in [0.4, 0.5) is 0 Å². The van der Waals surface area contributed by atoms with Crippen LogP contribution in [0.2, 0.25) is 0 Å². The number of hydrogen-bond acceptors (Lipinski definition) is 4. The molecule has 1 amide bonds. The Morgan fingerprint density at radius 1 is 1.24 bits per heavy atom. The maximum Gasteiger partial charge on any atom is 0.227 e. The summed E-state index contributed by atoms with van der Waals surface area (Å²) >= 11 is 0. The molecule has 136 valence electrons. The van der Waals surface area contributed by atoms with Crippen LogP contribution in [0.3, 0.4) is 0 Å². The maximum atomic E-state index is 12.8. The van der Waals surface area contributed by atoms with Crippen molar-refractivity contribution >= 4 is 16.9 Å². The Bertz CT molecular complexity index is 795. The minimum atomic E-state index is -1.05. The molecule has 1 aliphatic rings. The molecule has 2 aromatic rings. The number of rotatable bonds is 3. The highest BCUT2D eigenvalue weighted by Crippen LogP contribution is 2.31. The molecule has 5 heteroatoms. The van der Waals surface area contributed by atoms with Crippen LogP contribution in [-0.4, -0.2) is 46.3 Å². The minimum Gasteiger partial charge on any atom is -0.464 e. The van der Waals surface area contributed by atoms with Crippen molar-refractivity contribution in [2.75, 3.05) is 19.7 Å². The van der Waals surface area contributed by atoms with Crippen LogP contribution in [0.5, 0.6) is 0 Å². The molecule has 25 heavy (non-hydrogen) atoms. The SMILES string of the molecule is Cc1cc(C)c2c(CC(=O)N3CCC[C@@](O)(CO)CC3)coc2c1C. The summed E-state index contributed by atoms with van der Waals surface area (Å²) < 4.78 is 5.76. The molecular formula is C20H27NO4. The highest BCUT2D eigenvalue weighted by molar-refractivity contribution is 5.91. The number of aryl methyl sites for hydroxylation is 3. The summed E-state index contributed by atoms with van der Waals surface area (Å²) in [6, 6.07) is 2.13. The lowest BCUT2D eigenvalue weighted by atomic mass is 9.96. The van der Waals surface area contributed by atoms with Crippen LogP contribution < -0.4 is 0 Å². The summed E-state index contributed by atoms with van der Waals surface area (Å²) in [5.74, 6) is 0.0440. The number of furan rings is 1. The summed E-state index contributed by atoms with van der Waals surface area (Å²) in [5, 5.41) is 20.6. The number of carbonyl (C=O) groups excluding carboxylic acids is 1. The number of benzene rings is 1. The summed E-state index contributed by atoms with van der Waals surface area (Å²) in [6.45, 7) is 6.99. The molecule has 0 saturated carbocycles. The molecule has 0 unspecified atom stereocenters. The maximum absolute atomic E-state index is 12.8. The minimum absolute atomic E-state index is 0.0440. The van der Waals surface area contributed by atoms with Crippen molar-refractivity contribution in [2.24, 2.45) is 0 Å². The van der Waals surface area contributed by atoms with E-state index in [0.717, 1.165) is 27.7 Å². The van der Waals surface area contributed by atoms with Crippen LogP contribution in [-0.2, 0) is 11.2 Å². The van der Waals surface area contributed by atoms with E-state index in [1.165, 1.54) is 5.56 Å². The molecule has 0 spiro atoms. The second-order valence-corrected chi connectivity index (χ2v) is 7.39. The van der Waals surface area contributed by atoms with E-state index in [0.29, 0.717) is 38.8 Å². The summed E-state index contributed by atoms with van der Waals surface area (Å²) in [7, 11) is 0. The molecule has 0 aliphatic carbocycles. The Balaban J connectivity index is 1.80. The number of amides is 1. The normalized spacial score (nSPS) is 21.6. The number of nitrogens with zero attached hydrogens (tertiary/aromatic N) is 1. The van der Waals surface area contributed by atoms with Crippen LogP contribution in [0.15, 0.2) is 16.7 Å². The topological polar surface area (TPSA) is 73.9 Å². The van der Waals surface area contributed by atoms with E-state index >= 15 is 0 Å². The van der Waals surface area contributed by atoms with Gasteiger partial charge in [-0.15, -0.1) is 0 Å². The van der Waals surface area contributed by atoms with Gasteiger partial charge in [-0.1, -0.05) is 6.07 Å². The lowest BCUT2D eigenvalue weighted by molar-refractivity contribution is -0.130. The average Bonchev–Trinajstić information content (AvgIpc) is 2.89. The van der Waals surface area contributed by atoms with E-state index in [4.69, 9.17) is 4.42 Å². The smallest absolute Gasteiger partial charge is 0.227 e. The molecule has 0 bridgehead atoms. The molecule has 0 radical (unpaired) electrons. The van der Waals surface area contributed by atoms with Gasteiger partial charge in [0, 0.05) is 24.0 Å². The van der Waals surface area contributed by atoms with Crippen molar-refractivity contribution in [1.29, 1.82) is 0 Å². The van der Waals surface area contributed by atoms with Gasteiger partial charge >= 0.3 is 0 Å². The second-order valence-electron chi connectivity index (χ2n) is 7.39. The van der Waals surface area contributed by atoms with Crippen LogP contribution in [0.25, 0.3) is 11.0 Å². The monoisotopic (exact) mass is 345 g/mol. The Morgan fingerprint density at radius 2 is 2.00 bits per heavy atom. The number of aliphatic hydroxyl groups is 2. The molecule has 1 aliphatic heterocycles. The van der Waals surface area contributed by atoms with Gasteiger partial charge < -0.3 is 19.5 Å². The van der Waals surface area contributed by atoms with Gasteiger partial charge in [-0.25, -0.2) is 0 Å². The van der Waals surface area contributed by atoms with E-state index in [1.807, 2.05) is 13.8 Å². The number of carbonyl (C=O) groups is 1. The third-order valence-electron chi connectivity index (χ3n) is 5.53. The van der Waals surface area contributed by atoms with E-state index in [9.17, 15) is 15.0 Å². The Hall–Kier alpha value is -1.85. The zero-order chi connectivity index (χ0) is 18.2. The van der Waals surface area contributed by atoms with Gasteiger partial charge in [0.05, 0.1) is 24.9 Å². The summed E-state index contributed by atoms with van der Waals surface area (Å²) in [6.07, 6.45) is 3.64. The molecule has 1 aromatic carbocycles. The van der Waals surface area contributed by atoms with E-state index in [2.05, 4.69) is 13.0 Å². The summed E-state index contributed by atoms with van der Waals surface area (Å²) in [4.78, 5) is 14.6. The van der Waals surface area contributed by atoms with Crippen molar-refractivity contribution in [2.45, 2.75) is 52.1 Å². The molecular weight excluding hydrogens is 318 g/mol. The van der Waals surface area contributed by atoms with Crippen molar-refractivity contribution in [1.82, 2.24) is 4.90 Å². The highest BCUT2D eigenvalue weighted by Gasteiger charge is 2.31. The van der Waals surface area contributed by atoms with Gasteiger partial charge in [0.1, 0.15) is 5.58 Å². The predicted octanol–water partition coefficient (Wildman–Crippen LogP) is 2.64. The van der Waals surface area contributed by atoms with E-state index in [-0.39, 0.29) is 12.5 Å². The largest absolute Gasteiger partial charge is 0.464 e. The Kier molecular flexibility index (Phi) is 4.89. The van der Waals surface area contributed by atoms with Crippen LogP contribution >= 0.6 is 0 Å². The standard InChI is InChI=1S/C20H27NO4/c1-13-9-14(2)18-16(11-25-19(18)15(13)3)10-17(23)21-7-4-5-20(24,12-22)6-8-21/h9,11,22,24H,4-8,10,12H2,1-3H3/t20-/m0/s1. The Labute approximate surface area is 148 Å². The van der Waals surface area contributed by atoms with Crippen molar-refractivity contribution in [3.63, 3.8) is 0 Å². The first-order valence-electron chi connectivity index (χ1n) is 8.92. The molecule has 1 fully saturated rings. The van der Waals surface area contributed by atoms with Crippen LogP contribution in [0.1, 0.15) is 41.5 Å². The van der Waals surface area contributed by atoms with Gasteiger partial charge in [-0.3, -0.25) is 4.79 Å². The molecule has 1 atom stereocenters. The Morgan fingerprint density at radius 3 is 2.72 bits per heavy atom. The van der Waals surface area contributed by atoms with E-state index in [1.54, 1.807) is 11.2 Å². The van der Waals surface area contributed by atoms with Gasteiger partial charge in [-0.05, 0) is 56.7 Å². The fraction of sp³-hybridized carbons (Fsp3) is 0.550. The first kappa shape index (κ1) is 18.0. The average molecular weight is 345 g/mol. The molecule has 1 saturated heterocycles. The third kappa shape index (κ3) is 3.44. The quantitative estimate of drug-likeness (QED) is 0.897. The van der Waals surface area contributed by atoms with Crippen molar-refractivity contribution < 1.29 is 19.4 Å². The predicted molar refractivity (Wildman–Crippen MR) is 96.6 cm³/mol. The third-order valence-corrected chi connectivity index (χ3v) is 5.53. The van der Waals surface area contributed by atoms with Crippen LogP contribution in [0, 0.1) is 20.8 Å². The number of fused-ring (bicyclic) bond motifs is 1. The van der Waals surface area contributed by atoms with Gasteiger partial charge in [-0.2, -0.15) is 0 Å². The van der Waals surface area contributed by atoms with Gasteiger partial charge in [0.2, 0.25) is 5.91 Å². The van der Waals surface area contributed by atoms with Gasteiger partial charge in [0.15, 0.2) is 0 Å². The second kappa shape index (κ2) is 6.81. The van der Waals surface area contributed by atoms with Crippen molar-refractivity contribution in [3.8, 4) is 0 Å². The highest BCUT2D eigenvalue weighted by atomic mass is 16.3. The molecule has 3 rings (SSSR count). The first-order chi connectivity index (χ1) is 11.8. The fourth-order valence-corrected chi connectivity index (χ4v) is 3.78. The number of hydrogen-bond donors (Lipinski definition) is 2. The van der Waals surface area contributed by atoms with Gasteiger partial charge in [0.25, 0.3) is 0 Å². The lowest BCUT2D eigenvalue weighted by Crippen LogP contribution is -2.37. The zero-order valence-electron chi connectivity index (χ0n) is 15.3. The molecule has 1 aromatic heterocycles. The first-order valence-corrected chi connectivity index (χ1v) is 8.92. The van der Waals surface area contributed by atoms with E-state index < -0.39 is 5.60 Å². The molecule has 2 heterocycles. The molecule has 5 nitrogen and oxygen atoms in total. The van der Waals surface area contributed by atoms with Crippen molar-refractivity contribution in [3.05, 3.63) is 34.6 Å². The number of likely N-dealkylation sites (tertiary alicyclic amines) is 1. The summed E-state index contributed by atoms with van der Waals surface area (Å²) in [5.41, 5.74) is 4.16. The number of aliphatic hydroxyl groups excluding tert-OH is 1. The lowest BCUT2D eigenvalue weighted by Gasteiger charge is -2.24. The zero-order valence-corrected chi connectivity index (χ0v) is 15.3.